The van der Waals surface area contributed by atoms with Crippen molar-refractivity contribution in [3.05, 3.63) is 12.7 Å². The number of aliphatic hydroxyl groups excluding tert-OH is 5. The van der Waals surface area contributed by atoms with Crippen LogP contribution in [0.15, 0.2) is 17.6 Å². The minimum Gasteiger partial charge on any atom is -0.547 e. The maximum absolute atomic E-state index is 11.1. The van der Waals surface area contributed by atoms with Crippen LogP contribution in [0.2, 0.25) is 0 Å². The number of hydrogen-bond donors (Lipinski definition) is 5. The third kappa shape index (κ3) is 4.27. The molecule has 0 spiro atoms. The van der Waals surface area contributed by atoms with Gasteiger partial charge in [0, 0.05) is 0 Å². The normalized spacial score (nSPS) is 45.2. The Morgan fingerprint density at radius 3 is 2.43 bits per heavy atom. The fraction of sp³-hybridized carbons (Fsp3) is 0.733. The van der Waals surface area contributed by atoms with Crippen molar-refractivity contribution < 1.29 is 83.9 Å². The van der Waals surface area contributed by atoms with E-state index in [1.807, 2.05) is 0 Å². The van der Waals surface area contributed by atoms with Crippen molar-refractivity contribution in [3.8, 4) is 0 Å². The topological polar surface area (TPSA) is 191 Å². The maximum Gasteiger partial charge on any atom is 1.00 e. The van der Waals surface area contributed by atoms with E-state index < -0.39 is 73.9 Å². The van der Waals surface area contributed by atoms with E-state index in [2.05, 4.69) is 11.6 Å². The Morgan fingerprint density at radius 1 is 1.18 bits per heavy atom. The molecule has 3 aliphatic heterocycles. The zero-order chi connectivity index (χ0) is 19.9. The Hall–Kier alpha value is -0.640. The molecule has 0 aromatic carbocycles. The van der Waals surface area contributed by atoms with Crippen LogP contribution in [0, 0.1) is 0 Å². The second-order valence-corrected chi connectivity index (χ2v) is 6.31. The van der Waals surface area contributed by atoms with Gasteiger partial charge in [-0.2, -0.15) is 0 Å². The summed E-state index contributed by atoms with van der Waals surface area (Å²) < 4.78 is 21.2. The van der Waals surface area contributed by atoms with Crippen molar-refractivity contribution in [2.45, 2.75) is 61.3 Å². The van der Waals surface area contributed by atoms with Crippen LogP contribution in [-0.4, -0.2) is 105 Å². The van der Waals surface area contributed by atoms with Crippen LogP contribution < -0.4 is 34.7 Å². The van der Waals surface area contributed by atoms with Gasteiger partial charge in [0.1, 0.15) is 48.8 Å². The van der Waals surface area contributed by atoms with E-state index in [1.54, 1.807) is 0 Å². The number of fused-ring (bicyclic) bond motifs is 1. The molecular formula is C15H20NNaO11. The SMILES string of the molecule is C=CC1=N[C@H]2C(O1)O[C@H](CO)[C@@H](O)[C@@H]2O[C@@H]1O[C@H](C(=O)[O-])[C@@H](O)[C@H](O)[C@H]1O.[Na+]. The molecule has 0 bridgehead atoms. The summed E-state index contributed by atoms with van der Waals surface area (Å²) in [6.07, 6.45) is -13.0. The van der Waals surface area contributed by atoms with Crippen LogP contribution in [0.3, 0.4) is 0 Å². The Kier molecular flexibility index (Phi) is 7.98. The van der Waals surface area contributed by atoms with Gasteiger partial charge in [0.15, 0.2) is 6.29 Å². The number of aliphatic hydroxyl groups is 5. The van der Waals surface area contributed by atoms with Gasteiger partial charge < -0.3 is 54.4 Å². The fourth-order valence-corrected chi connectivity index (χ4v) is 3.15. The number of carbonyl (C=O) groups excluding carboxylic acids is 1. The molecule has 0 aliphatic carbocycles. The van der Waals surface area contributed by atoms with Gasteiger partial charge in [-0.05, 0) is 6.08 Å². The number of aliphatic imine (C=N–C) groups is 1. The standard InChI is InChI=1S/C15H21NO11.Na/c1-2-5-16-6-11(7(18)4(3-17)24-14(6)25-5)26-15-10(21)8(19)9(20)12(27-15)13(22)23;/h2,4,6-12,14-15,17-21H,1,3H2,(H,22,23);/q;+1/p-1/t4-,6-,7-,8+,9+,10-,11-,12+,14?,15-;/m1./s1. The van der Waals surface area contributed by atoms with E-state index in [0.717, 1.165) is 0 Å². The third-order valence-electron chi connectivity index (χ3n) is 4.60. The number of carbonyl (C=O) groups is 1. The summed E-state index contributed by atoms with van der Waals surface area (Å²) in [6.45, 7) is 2.91. The summed E-state index contributed by atoms with van der Waals surface area (Å²) in [5.74, 6) is -1.73. The summed E-state index contributed by atoms with van der Waals surface area (Å²) in [6, 6.07) is -0.947. The first kappa shape index (κ1) is 23.6. The Labute approximate surface area is 181 Å². The molecule has 10 atom stereocenters. The van der Waals surface area contributed by atoms with Crippen LogP contribution in [0.25, 0.3) is 0 Å². The molecule has 152 valence electrons. The number of ether oxygens (including phenoxy) is 4. The summed E-state index contributed by atoms with van der Waals surface area (Å²) in [4.78, 5) is 15.2. The molecular weight excluding hydrogens is 393 g/mol. The van der Waals surface area contributed by atoms with Gasteiger partial charge in [-0.15, -0.1) is 0 Å². The molecule has 28 heavy (non-hydrogen) atoms. The van der Waals surface area contributed by atoms with Gasteiger partial charge in [-0.3, -0.25) is 0 Å². The average molecular weight is 413 g/mol. The second-order valence-electron chi connectivity index (χ2n) is 6.31. The summed E-state index contributed by atoms with van der Waals surface area (Å²) in [5.41, 5.74) is 0. The maximum atomic E-state index is 11.1. The first-order valence-corrected chi connectivity index (χ1v) is 8.15. The van der Waals surface area contributed by atoms with Crippen LogP contribution >= 0.6 is 0 Å². The van der Waals surface area contributed by atoms with Crippen LogP contribution in [-0.2, 0) is 23.7 Å². The Bertz CT molecular complexity index is 619. The van der Waals surface area contributed by atoms with E-state index in [0.29, 0.717) is 0 Å². The van der Waals surface area contributed by atoms with Crippen molar-refractivity contribution >= 4 is 11.9 Å². The van der Waals surface area contributed by atoms with Crippen molar-refractivity contribution in [3.63, 3.8) is 0 Å². The monoisotopic (exact) mass is 413 g/mol. The predicted molar refractivity (Wildman–Crippen MR) is 80.8 cm³/mol. The van der Waals surface area contributed by atoms with Crippen LogP contribution in [0.5, 0.6) is 0 Å². The molecule has 0 saturated carbocycles. The smallest absolute Gasteiger partial charge is 0.547 e. The summed E-state index contributed by atoms with van der Waals surface area (Å²) in [5, 5.41) is 60.5. The number of carboxylic acid groups (broad SMARTS) is 1. The van der Waals surface area contributed by atoms with Gasteiger partial charge in [-0.1, -0.05) is 6.58 Å². The average Bonchev–Trinajstić information content (AvgIpc) is 3.06. The number of nitrogens with zero attached hydrogens (tertiary/aromatic N) is 1. The number of aliphatic carboxylic acids is 1. The molecule has 3 heterocycles. The molecule has 0 aromatic rings. The van der Waals surface area contributed by atoms with Gasteiger partial charge in [0.05, 0.1) is 12.6 Å². The van der Waals surface area contributed by atoms with Crippen molar-refractivity contribution in [1.29, 1.82) is 0 Å². The first-order chi connectivity index (χ1) is 12.8. The molecule has 2 saturated heterocycles. The van der Waals surface area contributed by atoms with E-state index in [4.69, 9.17) is 18.9 Å². The molecule has 12 nitrogen and oxygen atoms in total. The molecule has 13 heteroatoms. The van der Waals surface area contributed by atoms with E-state index in [9.17, 15) is 35.4 Å². The quantitative estimate of drug-likeness (QED) is 0.269. The fourth-order valence-electron chi connectivity index (χ4n) is 3.15. The van der Waals surface area contributed by atoms with Gasteiger partial charge in [-0.25, -0.2) is 4.99 Å². The second kappa shape index (κ2) is 9.45. The van der Waals surface area contributed by atoms with E-state index >= 15 is 0 Å². The zero-order valence-corrected chi connectivity index (χ0v) is 16.9. The molecule has 0 radical (unpaired) electrons. The number of rotatable bonds is 5. The predicted octanol–water partition coefficient (Wildman–Crippen LogP) is -8.01. The first-order valence-electron chi connectivity index (χ1n) is 8.15. The molecule has 5 N–H and O–H groups in total. The molecule has 2 fully saturated rings. The molecule has 0 aromatic heterocycles. The van der Waals surface area contributed by atoms with Crippen molar-refractivity contribution in [1.82, 2.24) is 0 Å². The summed E-state index contributed by atoms with van der Waals surface area (Å²) >= 11 is 0. The molecule has 1 unspecified atom stereocenters. The van der Waals surface area contributed by atoms with E-state index in [1.165, 1.54) is 6.08 Å². The van der Waals surface area contributed by atoms with Crippen LogP contribution in [0.4, 0.5) is 0 Å². The minimum atomic E-state index is -1.97. The Balaban J connectivity index is 0.00000280. The minimum absolute atomic E-state index is 0. The number of carboxylic acids is 1. The largest absolute Gasteiger partial charge is 1.00 e. The van der Waals surface area contributed by atoms with Gasteiger partial charge in [0.25, 0.3) is 0 Å². The summed E-state index contributed by atoms with van der Waals surface area (Å²) in [7, 11) is 0. The van der Waals surface area contributed by atoms with Crippen molar-refractivity contribution in [2.24, 2.45) is 4.99 Å². The zero-order valence-electron chi connectivity index (χ0n) is 14.9. The molecule has 0 amide bonds. The van der Waals surface area contributed by atoms with E-state index in [-0.39, 0.29) is 35.5 Å². The molecule has 3 aliphatic rings. The van der Waals surface area contributed by atoms with Crippen LogP contribution in [0.1, 0.15) is 0 Å². The third-order valence-corrected chi connectivity index (χ3v) is 4.60. The number of hydrogen-bond acceptors (Lipinski definition) is 12. The van der Waals surface area contributed by atoms with Gasteiger partial charge in [0.2, 0.25) is 12.2 Å². The van der Waals surface area contributed by atoms with Gasteiger partial charge >= 0.3 is 29.6 Å². The Morgan fingerprint density at radius 2 is 1.86 bits per heavy atom. The van der Waals surface area contributed by atoms with Crippen molar-refractivity contribution in [2.75, 3.05) is 6.61 Å². The molecule has 3 rings (SSSR count).